The summed E-state index contributed by atoms with van der Waals surface area (Å²) in [5.41, 5.74) is 1.48. The zero-order valence-electron chi connectivity index (χ0n) is 19.4. The molecule has 0 aliphatic carbocycles. The minimum atomic E-state index is -0.634. The van der Waals surface area contributed by atoms with Gasteiger partial charge in [-0.15, -0.1) is 11.3 Å². The number of nitrogens with zero attached hydrogens (tertiary/aromatic N) is 2. The zero-order valence-corrected chi connectivity index (χ0v) is 20.2. The van der Waals surface area contributed by atoms with Crippen LogP contribution in [0.2, 0.25) is 0 Å². The molecular weight excluding hydrogens is 424 g/mol. The monoisotopic (exact) mass is 456 g/mol. The van der Waals surface area contributed by atoms with Gasteiger partial charge in [0.25, 0.3) is 11.7 Å². The summed E-state index contributed by atoms with van der Waals surface area (Å²) in [5.74, 6) is -0.211. The number of carbonyl (C=O) groups excluding carboxylic acids is 2. The van der Waals surface area contributed by atoms with Crippen LogP contribution in [-0.2, 0) is 9.59 Å². The fourth-order valence-electron chi connectivity index (χ4n) is 3.81. The van der Waals surface area contributed by atoms with Crippen molar-refractivity contribution in [2.24, 2.45) is 5.92 Å². The Hall–Kier alpha value is -2.64. The minimum Gasteiger partial charge on any atom is -0.507 e. The van der Waals surface area contributed by atoms with Crippen molar-refractivity contribution < 1.29 is 19.4 Å². The van der Waals surface area contributed by atoms with E-state index >= 15 is 0 Å². The maximum absolute atomic E-state index is 13.0. The summed E-state index contributed by atoms with van der Waals surface area (Å²) >= 11 is 1.48. The van der Waals surface area contributed by atoms with Gasteiger partial charge in [-0.05, 0) is 75.1 Å². The van der Waals surface area contributed by atoms with Gasteiger partial charge in [0.15, 0.2) is 0 Å². The van der Waals surface area contributed by atoms with Gasteiger partial charge in [-0.2, -0.15) is 0 Å². The van der Waals surface area contributed by atoms with Crippen molar-refractivity contribution in [1.82, 2.24) is 9.80 Å². The maximum atomic E-state index is 13.0. The fourth-order valence-corrected chi connectivity index (χ4v) is 4.66. The third-order valence-corrected chi connectivity index (χ3v) is 6.32. The molecule has 1 aromatic heterocycles. The van der Waals surface area contributed by atoms with Gasteiger partial charge in [-0.1, -0.05) is 19.9 Å². The van der Waals surface area contributed by atoms with E-state index in [-0.39, 0.29) is 11.3 Å². The first-order valence-corrected chi connectivity index (χ1v) is 11.8. The summed E-state index contributed by atoms with van der Waals surface area (Å²) in [4.78, 5) is 30.5. The lowest BCUT2D eigenvalue weighted by Crippen LogP contribution is -2.32. The molecule has 1 atom stereocenters. The second kappa shape index (κ2) is 10.3. The van der Waals surface area contributed by atoms with E-state index in [1.54, 1.807) is 17.0 Å². The quantitative estimate of drug-likeness (QED) is 0.343. The molecule has 0 radical (unpaired) electrons. The van der Waals surface area contributed by atoms with E-state index in [2.05, 4.69) is 13.8 Å². The number of aliphatic hydroxyl groups is 1. The molecule has 1 aromatic carbocycles. The van der Waals surface area contributed by atoms with Crippen molar-refractivity contribution in [2.75, 3.05) is 33.8 Å². The standard InChI is InChI=1S/C25H32N2O4S/c1-16(2)15-31-18-9-10-19(17(3)14-18)23(28)21-22(20-8-6-13-32-20)27(25(30)24(21)29)12-7-11-26(4)5/h6,8-10,13-14,16,22,28H,7,11-12,15H2,1-5H3. The Morgan fingerprint density at radius 2 is 2.00 bits per heavy atom. The number of likely N-dealkylation sites (tertiary alicyclic amines) is 1. The van der Waals surface area contributed by atoms with Gasteiger partial charge in [-0.25, -0.2) is 0 Å². The van der Waals surface area contributed by atoms with Gasteiger partial charge in [-0.3, -0.25) is 9.59 Å². The second-order valence-corrected chi connectivity index (χ2v) is 9.83. The predicted molar refractivity (Wildman–Crippen MR) is 128 cm³/mol. The Labute approximate surface area is 194 Å². The van der Waals surface area contributed by atoms with Gasteiger partial charge in [0, 0.05) is 17.0 Å². The molecule has 32 heavy (non-hydrogen) atoms. The van der Waals surface area contributed by atoms with E-state index in [4.69, 9.17) is 4.74 Å². The highest BCUT2D eigenvalue weighted by Crippen LogP contribution is 2.41. The maximum Gasteiger partial charge on any atom is 0.295 e. The molecule has 0 bridgehead atoms. The summed E-state index contributed by atoms with van der Waals surface area (Å²) in [6.07, 6.45) is 0.739. The highest BCUT2D eigenvalue weighted by molar-refractivity contribution is 7.10. The van der Waals surface area contributed by atoms with Gasteiger partial charge in [0.05, 0.1) is 18.2 Å². The highest BCUT2D eigenvalue weighted by atomic mass is 32.1. The molecule has 6 nitrogen and oxygen atoms in total. The lowest BCUT2D eigenvalue weighted by molar-refractivity contribution is -0.139. The van der Waals surface area contributed by atoms with E-state index in [1.807, 2.05) is 49.5 Å². The summed E-state index contributed by atoms with van der Waals surface area (Å²) in [6, 6.07) is 8.62. The Morgan fingerprint density at radius 1 is 1.25 bits per heavy atom. The van der Waals surface area contributed by atoms with Gasteiger partial charge >= 0.3 is 0 Å². The van der Waals surface area contributed by atoms with Crippen LogP contribution in [0.3, 0.4) is 0 Å². The number of amides is 1. The molecule has 1 unspecified atom stereocenters. The van der Waals surface area contributed by atoms with Crippen molar-refractivity contribution in [1.29, 1.82) is 0 Å². The third-order valence-electron chi connectivity index (χ3n) is 5.39. The molecule has 1 amide bonds. The van der Waals surface area contributed by atoms with E-state index in [0.29, 0.717) is 30.4 Å². The SMILES string of the molecule is Cc1cc(OCC(C)C)ccc1C(O)=C1C(=O)C(=O)N(CCCN(C)C)C1c1cccs1. The normalized spacial score (nSPS) is 18.2. The Kier molecular flexibility index (Phi) is 7.74. The van der Waals surface area contributed by atoms with E-state index in [9.17, 15) is 14.7 Å². The summed E-state index contributed by atoms with van der Waals surface area (Å²) in [6.45, 7) is 7.87. The lowest BCUT2D eigenvalue weighted by atomic mass is 9.97. The number of hydrogen-bond acceptors (Lipinski definition) is 6. The Morgan fingerprint density at radius 3 is 2.59 bits per heavy atom. The molecule has 2 heterocycles. The first-order valence-electron chi connectivity index (χ1n) is 10.9. The number of carbonyl (C=O) groups is 2. The molecule has 0 spiro atoms. The average Bonchev–Trinajstić information content (AvgIpc) is 3.34. The third kappa shape index (κ3) is 5.22. The summed E-state index contributed by atoms with van der Waals surface area (Å²) in [5, 5.41) is 13.2. The van der Waals surface area contributed by atoms with Crippen molar-refractivity contribution in [2.45, 2.75) is 33.2 Å². The molecule has 1 saturated heterocycles. The largest absolute Gasteiger partial charge is 0.507 e. The van der Waals surface area contributed by atoms with Crippen molar-refractivity contribution in [3.8, 4) is 5.75 Å². The van der Waals surface area contributed by atoms with Crippen LogP contribution in [0.25, 0.3) is 5.76 Å². The van der Waals surface area contributed by atoms with E-state index in [1.165, 1.54) is 11.3 Å². The first-order chi connectivity index (χ1) is 15.2. The number of Topliss-reactive ketones (excluding diaryl/α,β-unsaturated/α-hetero) is 1. The van der Waals surface area contributed by atoms with Crippen LogP contribution in [0, 0.1) is 12.8 Å². The first kappa shape index (κ1) is 24.0. The van der Waals surface area contributed by atoms with Crippen LogP contribution < -0.4 is 4.74 Å². The molecule has 1 aliphatic heterocycles. The highest BCUT2D eigenvalue weighted by Gasteiger charge is 2.46. The number of aryl methyl sites for hydroxylation is 1. The van der Waals surface area contributed by atoms with Crippen LogP contribution in [0.5, 0.6) is 5.75 Å². The number of rotatable bonds is 9. The zero-order chi connectivity index (χ0) is 23.4. The smallest absolute Gasteiger partial charge is 0.295 e. The van der Waals surface area contributed by atoms with Crippen LogP contribution >= 0.6 is 11.3 Å². The molecule has 1 N–H and O–H groups in total. The van der Waals surface area contributed by atoms with Crippen molar-refractivity contribution in [3.05, 3.63) is 57.3 Å². The number of ketones is 1. The molecule has 1 aliphatic rings. The van der Waals surface area contributed by atoms with Crippen LogP contribution in [-0.4, -0.2) is 60.4 Å². The van der Waals surface area contributed by atoms with Crippen LogP contribution in [0.4, 0.5) is 0 Å². The van der Waals surface area contributed by atoms with Crippen molar-refractivity contribution in [3.63, 3.8) is 0 Å². The molecule has 1 fully saturated rings. The lowest BCUT2D eigenvalue weighted by Gasteiger charge is -2.24. The number of ether oxygens (including phenoxy) is 1. The summed E-state index contributed by atoms with van der Waals surface area (Å²) < 4.78 is 5.78. The number of benzene rings is 1. The topological polar surface area (TPSA) is 70.1 Å². The molecule has 172 valence electrons. The number of hydrogen-bond donors (Lipinski definition) is 1. The van der Waals surface area contributed by atoms with E-state index in [0.717, 1.165) is 23.4 Å². The van der Waals surface area contributed by atoms with Crippen molar-refractivity contribution >= 4 is 28.8 Å². The average molecular weight is 457 g/mol. The second-order valence-electron chi connectivity index (χ2n) is 8.85. The van der Waals surface area contributed by atoms with Gasteiger partial charge < -0.3 is 19.6 Å². The van der Waals surface area contributed by atoms with Gasteiger partial charge in [0.2, 0.25) is 0 Å². The minimum absolute atomic E-state index is 0.134. The fraction of sp³-hybridized carbons (Fsp3) is 0.440. The molecule has 0 saturated carbocycles. The predicted octanol–water partition coefficient (Wildman–Crippen LogP) is 4.46. The van der Waals surface area contributed by atoms with Gasteiger partial charge in [0.1, 0.15) is 11.5 Å². The number of aliphatic hydroxyl groups excluding tert-OH is 1. The van der Waals surface area contributed by atoms with E-state index < -0.39 is 17.7 Å². The molecular formula is C25H32N2O4S. The molecule has 7 heteroatoms. The van der Waals surface area contributed by atoms with Crippen LogP contribution in [0.15, 0.2) is 41.3 Å². The van der Waals surface area contributed by atoms with Crippen LogP contribution in [0.1, 0.15) is 42.3 Å². The molecule has 3 rings (SSSR count). The number of thiophene rings is 1. The summed E-state index contributed by atoms with van der Waals surface area (Å²) in [7, 11) is 3.95. The molecule has 2 aromatic rings. The Balaban J connectivity index is 1.99. The Bertz CT molecular complexity index is 995.